The summed E-state index contributed by atoms with van der Waals surface area (Å²) in [6.07, 6.45) is -8.50. The Hall–Kier alpha value is -3.71. The summed E-state index contributed by atoms with van der Waals surface area (Å²) in [4.78, 5) is 23.9. The Balaban J connectivity index is 1.48. The maximum absolute atomic E-state index is 13.2. The maximum atomic E-state index is 13.2. The SMILES string of the molecule is CCOc1nc2occc2nc1NC(=O)N1CCN(c2cc(C(F)(F)F)cc(C(F)(F)F)c2)CC1. The molecule has 0 unspecified atom stereocenters. The Bertz CT molecular complexity index is 1190. The van der Waals surface area contributed by atoms with Gasteiger partial charge in [0.15, 0.2) is 5.82 Å². The van der Waals surface area contributed by atoms with Gasteiger partial charge in [-0.25, -0.2) is 9.78 Å². The number of amides is 2. The molecule has 14 heteroatoms. The first-order valence-corrected chi connectivity index (χ1v) is 10.4. The molecule has 2 aromatic heterocycles. The lowest BCUT2D eigenvalue weighted by molar-refractivity contribution is -0.143. The zero-order valence-electron chi connectivity index (χ0n) is 18.2. The molecular weight excluding hydrogens is 484 g/mol. The van der Waals surface area contributed by atoms with E-state index in [1.165, 1.54) is 16.1 Å². The summed E-state index contributed by atoms with van der Waals surface area (Å²) in [6, 6.07) is 2.42. The molecule has 188 valence electrons. The van der Waals surface area contributed by atoms with Gasteiger partial charge in [0.1, 0.15) is 5.52 Å². The van der Waals surface area contributed by atoms with E-state index in [4.69, 9.17) is 9.15 Å². The molecule has 3 heterocycles. The number of furan rings is 1. The van der Waals surface area contributed by atoms with Crippen molar-refractivity contribution >= 4 is 28.8 Å². The van der Waals surface area contributed by atoms with Crippen LogP contribution in [0.5, 0.6) is 5.88 Å². The summed E-state index contributed by atoms with van der Waals surface area (Å²) in [7, 11) is 0. The number of piperazine rings is 1. The fourth-order valence-corrected chi connectivity index (χ4v) is 3.56. The van der Waals surface area contributed by atoms with Gasteiger partial charge in [-0.05, 0) is 25.1 Å². The van der Waals surface area contributed by atoms with Crippen LogP contribution in [0.2, 0.25) is 0 Å². The van der Waals surface area contributed by atoms with Gasteiger partial charge in [0.25, 0.3) is 5.88 Å². The summed E-state index contributed by atoms with van der Waals surface area (Å²) < 4.78 is 89.6. The number of nitrogens with one attached hydrogen (secondary N) is 1. The highest BCUT2D eigenvalue weighted by molar-refractivity contribution is 5.90. The molecule has 1 aliphatic heterocycles. The van der Waals surface area contributed by atoms with E-state index in [0.717, 1.165) is 0 Å². The lowest BCUT2D eigenvalue weighted by Gasteiger charge is -2.36. The average molecular weight is 503 g/mol. The molecule has 0 atom stereocenters. The fourth-order valence-electron chi connectivity index (χ4n) is 3.56. The number of rotatable bonds is 4. The van der Waals surface area contributed by atoms with Crippen LogP contribution < -0.4 is 15.0 Å². The van der Waals surface area contributed by atoms with Gasteiger partial charge < -0.3 is 19.0 Å². The van der Waals surface area contributed by atoms with Crippen LogP contribution >= 0.6 is 0 Å². The van der Waals surface area contributed by atoms with E-state index in [0.29, 0.717) is 17.6 Å². The highest BCUT2D eigenvalue weighted by Gasteiger charge is 2.37. The predicted molar refractivity (Wildman–Crippen MR) is 112 cm³/mol. The van der Waals surface area contributed by atoms with E-state index in [1.807, 2.05) is 0 Å². The number of aromatic nitrogens is 2. The molecule has 8 nitrogen and oxygen atoms in total. The second-order valence-electron chi connectivity index (χ2n) is 7.59. The third kappa shape index (κ3) is 5.35. The van der Waals surface area contributed by atoms with E-state index < -0.39 is 29.5 Å². The van der Waals surface area contributed by atoms with Crippen LogP contribution in [0.15, 0.2) is 34.9 Å². The molecule has 0 bridgehead atoms. The van der Waals surface area contributed by atoms with Crippen molar-refractivity contribution in [3.05, 3.63) is 41.7 Å². The predicted octanol–water partition coefficient (Wildman–Crippen LogP) is 5.01. The highest BCUT2D eigenvalue weighted by atomic mass is 19.4. The zero-order valence-corrected chi connectivity index (χ0v) is 18.2. The molecule has 0 aliphatic carbocycles. The van der Waals surface area contributed by atoms with Crippen molar-refractivity contribution in [2.45, 2.75) is 19.3 Å². The number of ether oxygens (including phenoxy) is 1. The normalized spacial score (nSPS) is 14.9. The summed E-state index contributed by atoms with van der Waals surface area (Å²) in [5.41, 5.74) is -2.39. The molecule has 1 fully saturated rings. The van der Waals surface area contributed by atoms with Crippen molar-refractivity contribution in [3.63, 3.8) is 0 Å². The van der Waals surface area contributed by atoms with Gasteiger partial charge >= 0.3 is 18.4 Å². The number of urea groups is 1. The molecule has 3 aromatic rings. The van der Waals surface area contributed by atoms with Crippen LogP contribution in [-0.2, 0) is 12.4 Å². The minimum absolute atomic E-state index is 0.0246. The van der Waals surface area contributed by atoms with Crippen LogP contribution in [0.3, 0.4) is 0 Å². The molecule has 0 radical (unpaired) electrons. The third-order valence-electron chi connectivity index (χ3n) is 5.27. The monoisotopic (exact) mass is 503 g/mol. The molecule has 0 saturated carbocycles. The quantitative estimate of drug-likeness (QED) is 0.504. The maximum Gasteiger partial charge on any atom is 0.416 e. The van der Waals surface area contributed by atoms with E-state index in [-0.39, 0.29) is 62.0 Å². The minimum atomic E-state index is -4.94. The number of halogens is 6. The molecule has 2 amide bonds. The van der Waals surface area contributed by atoms with Crippen molar-refractivity contribution in [2.24, 2.45) is 0 Å². The van der Waals surface area contributed by atoms with Crippen LogP contribution in [0.25, 0.3) is 11.2 Å². The Labute approximate surface area is 194 Å². The number of fused-ring (bicyclic) bond motifs is 1. The first-order valence-electron chi connectivity index (χ1n) is 10.4. The molecular formula is C21H19F6N5O3. The topological polar surface area (TPSA) is 83.7 Å². The van der Waals surface area contributed by atoms with Gasteiger partial charge in [0.05, 0.1) is 24.0 Å². The lowest BCUT2D eigenvalue weighted by Crippen LogP contribution is -2.50. The Morgan fingerprint density at radius 2 is 1.66 bits per heavy atom. The van der Waals surface area contributed by atoms with Crippen molar-refractivity contribution in [1.29, 1.82) is 0 Å². The van der Waals surface area contributed by atoms with Crippen LogP contribution in [-0.4, -0.2) is 53.7 Å². The van der Waals surface area contributed by atoms with Crippen molar-refractivity contribution in [1.82, 2.24) is 14.9 Å². The Morgan fingerprint density at radius 3 is 2.23 bits per heavy atom. The number of hydrogen-bond donors (Lipinski definition) is 1. The second kappa shape index (κ2) is 9.15. The fraction of sp³-hybridized carbons (Fsp3) is 0.381. The van der Waals surface area contributed by atoms with Gasteiger partial charge in [-0.15, -0.1) is 0 Å². The van der Waals surface area contributed by atoms with E-state index in [9.17, 15) is 31.1 Å². The Kier molecular flexibility index (Phi) is 6.38. The van der Waals surface area contributed by atoms with Gasteiger partial charge in [-0.2, -0.15) is 31.3 Å². The molecule has 1 aliphatic rings. The number of benzene rings is 1. The van der Waals surface area contributed by atoms with Crippen LogP contribution in [0.4, 0.5) is 42.6 Å². The summed E-state index contributed by atoms with van der Waals surface area (Å²) >= 11 is 0. The lowest BCUT2D eigenvalue weighted by atomic mass is 10.1. The summed E-state index contributed by atoms with van der Waals surface area (Å²) in [5.74, 6) is 0.103. The number of carbonyl (C=O) groups is 1. The zero-order chi connectivity index (χ0) is 25.4. The van der Waals surface area contributed by atoms with Gasteiger partial charge in [0.2, 0.25) is 5.71 Å². The first kappa shape index (κ1) is 24.4. The van der Waals surface area contributed by atoms with Crippen LogP contribution in [0.1, 0.15) is 18.1 Å². The van der Waals surface area contributed by atoms with Crippen LogP contribution in [0, 0.1) is 0 Å². The third-order valence-corrected chi connectivity index (χ3v) is 5.27. The average Bonchev–Trinajstić information content (AvgIpc) is 3.25. The van der Waals surface area contributed by atoms with E-state index >= 15 is 0 Å². The number of nitrogens with zero attached hydrogens (tertiary/aromatic N) is 4. The molecule has 4 rings (SSSR count). The minimum Gasteiger partial charge on any atom is -0.475 e. The van der Waals surface area contributed by atoms with Gasteiger partial charge in [-0.3, -0.25) is 5.32 Å². The smallest absolute Gasteiger partial charge is 0.416 e. The van der Waals surface area contributed by atoms with E-state index in [2.05, 4.69) is 15.3 Å². The molecule has 1 N–H and O–H groups in total. The van der Waals surface area contributed by atoms with Crippen molar-refractivity contribution in [2.75, 3.05) is 43.0 Å². The van der Waals surface area contributed by atoms with Gasteiger partial charge in [0, 0.05) is 37.9 Å². The molecule has 1 aromatic carbocycles. The number of carbonyl (C=O) groups excluding carboxylic acids is 1. The van der Waals surface area contributed by atoms with Crippen molar-refractivity contribution < 1.29 is 40.3 Å². The molecule has 1 saturated heterocycles. The Morgan fingerprint density at radius 1 is 1.03 bits per heavy atom. The second-order valence-corrected chi connectivity index (χ2v) is 7.59. The molecule has 0 spiro atoms. The number of alkyl halides is 6. The summed E-state index contributed by atoms with van der Waals surface area (Å²) in [6.45, 7) is 2.12. The number of hydrogen-bond acceptors (Lipinski definition) is 6. The number of anilines is 2. The first-order chi connectivity index (χ1) is 16.5. The van der Waals surface area contributed by atoms with Crippen molar-refractivity contribution in [3.8, 4) is 5.88 Å². The van der Waals surface area contributed by atoms with E-state index in [1.54, 1.807) is 13.0 Å². The largest absolute Gasteiger partial charge is 0.475 e. The van der Waals surface area contributed by atoms with Gasteiger partial charge in [-0.1, -0.05) is 0 Å². The highest BCUT2D eigenvalue weighted by Crippen LogP contribution is 2.38. The molecule has 35 heavy (non-hydrogen) atoms. The standard InChI is InChI=1S/C21H19F6N5O3/c1-2-34-18-16(28-15-3-8-35-17(15)30-18)29-19(33)32-6-4-31(5-7-32)14-10-12(20(22,23)24)9-13(11-14)21(25,26)27/h3,8-11H,2,4-7H2,1H3,(H,28,29,33). The summed E-state index contributed by atoms with van der Waals surface area (Å²) in [5, 5.41) is 2.59.